The molecule has 0 aliphatic rings. The summed E-state index contributed by atoms with van der Waals surface area (Å²) in [5, 5.41) is 0. The van der Waals surface area contributed by atoms with Gasteiger partial charge in [0.2, 0.25) is 0 Å². The molecule has 22 heavy (non-hydrogen) atoms. The van der Waals surface area contributed by atoms with Gasteiger partial charge in [-0.2, -0.15) is 13.2 Å². The molecule has 0 unspecified atom stereocenters. The molecule has 2 N–H and O–H groups in total. The number of benzene rings is 1. The lowest BCUT2D eigenvalue weighted by Crippen LogP contribution is -2.37. The van der Waals surface area contributed by atoms with Gasteiger partial charge in [-0.15, -0.1) is 24.0 Å². The Labute approximate surface area is 145 Å². The van der Waals surface area contributed by atoms with E-state index in [1.165, 1.54) is 19.2 Å². The SMILES string of the molecule is CCN(CC)C(N)=NCc1ccc(OC)cc1C(F)(F)F.I. The molecule has 0 aliphatic heterocycles. The molecule has 4 nitrogen and oxygen atoms in total. The second kappa shape index (κ2) is 9.06. The molecule has 0 heterocycles. The summed E-state index contributed by atoms with van der Waals surface area (Å²) in [5.74, 6) is 0.399. The van der Waals surface area contributed by atoms with Crippen LogP contribution in [0, 0.1) is 0 Å². The number of rotatable bonds is 5. The quantitative estimate of drug-likeness (QED) is 0.441. The van der Waals surface area contributed by atoms with Crippen LogP contribution in [0.3, 0.4) is 0 Å². The van der Waals surface area contributed by atoms with E-state index in [0.717, 1.165) is 6.07 Å². The number of hydrogen-bond acceptors (Lipinski definition) is 2. The average Bonchev–Trinajstić information content (AvgIpc) is 2.45. The van der Waals surface area contributed by atoms with Crippen molar-refractivity contribution in [1.29, 1.82) is 0 Å². The average molecular weight is 431 g/mol. The lowest BCUT2D eigenvalue weighted by molar-refractivity contribution is -0.138. The standard InChI is InChI=1S/C14H20F3N3O.HI/c1-4-20(5-2)13(18)19-9-10-6-7-11(21-3)8-12(10)14(15,16)17;/h6-8H,4-5,9H2,1-3H3,(H2,18,19);1H. The third-order valence-corrected chi connectivity index (χ3v) is 3.12. The van der Waals surface area contributed by atoms with Gasteiger partial charge in [-0.1, -0.05) is 6.07 Å². The van der Waals surface area contributed by atoms with Crippen LogP contribution in [-0.2, 0) is 12.7 Å². The van der Waals surface area contributed by atoms with Crippen LogP contribution in [0.4, 0.5) is 13.2 Å². The number of hydrogen-bond donors (Lipinski definition) is 1. The Morgan fingerprint density at radius 2 is 1.86 bits per heavy atom. The molecule has 0 atom stereocenters. The first-order chi connectivity index (χ1) is 9.83. The van der Waals surface area contributed by atoms with Crippen molar-refractivity contribution in [3.05, 3.63) is 29.3 Å². The van der Waals surface area contributed by atoms with Crippen molar-refractivity contribution in [2.24, 2.45) is 10.7 Å². The summed E-state index contributed by atoms with van der Waals surface area (Å²) in [4.78, 5) is 5.82. The van der Waals surface area contributed by atoms with E-state index in [4.69, 9.17) is 10.5 Å². The van der Waals surface area contributed by atoms with Gasteiger partial charge >= 0.3 is 6.18 Å². The van der Waals surface area contributed by atoms with Gasteiger partial charge in [0.05, 0.1) is 19.2 Å². The van der Waals surface area contributed by atoms with Gasteiger partial charge in [0, 0.05) is 13.1 Å². The van der Waals surface area contributed by atoms with Crippen molar-refractivity contribution < 1.29 is 17.9 Å². The van der Waals surface area contributed by atoms with E-state index in [0.29, 0.717) is 13.1 Å². The van der Waals surface area contributed by atoms with Crippen LogP contribution < -0.4 is 10.5 Å². The van der Waals surface area contributed by atoms with Crippen molar-refractivity contribution in [2.75, 3.05) is 20.2 Å². The number of halogens is 4. The third kappa shape index (κ3) is 5.54. The van der Waals surface area contributed by atoms with E-state index in [2.05, 4.69) is 4.99 Å². The van der Waals surface area contributed by atoms with Crippen LogP contribution >= 0.6 is 24.0 Å². The van der Waals surface area contributed by atoms with E-state index in [1.54, 1.807) is 4.90 Å². The van der Waals surface area contributed by atoms with E-state index in [9.17, 15) is 13.2 Å². The molecule has 126 valence electrons. The molecular formula is C14H21F3IN3O. The molecule has 0 radical (unpaired) electrons. The van der Waals surface area contributed by atoms with Gasteiger partial charge < -0.3 is 15.4 Å². The van der Waals surface area contributed by atoms with E-state index in [1.807, 2.05) is 13.8 Å². The molecule has 0 saturated heterocycles. The van der Waals surface area contributed by atoms with Gasteiger partial charge in [-0.25, -0.2) is 4.99 Å². The monoisotopic (exact) mass is 431 g/mol. The molecule has 0 bridgehead atoms. The Balaban J connectivity index is 0.00000441. The minimum atomic E-state index is -4.46. The van der Waals surface area contributed by atoms with Crippen LogP contribution in [0.5, 0.6) is 5.75 Å². The fraction of sp³-hybridized carbons (Fsp3) is 0.500. The Bertz CT molecular complexity index is 503. The number of nitrogens with zero attached hydrogens (tertiary/aromatic N) is 2. The van der Waals surface area contributed by atoms with Crippen molar-refractivity contribution in [1.82, 2.24) is 4.90 Å². The molecule has 0 saturated carbocycles. The molecule has 8 heteroatoms. The van der Waals surface area contributed by atoms with Crippen molar-refractivity contribution >= 4 is 29.9 Å². The predicted octanol–water partition coefficient (Wildman–Crippen LogP) is 3.49. The fourth-order valence-corrected chi connectivity index (χ4v) is 1.90. The summed E-state index contributed by atoms with van der Waals surface area (Å²) in [6.07, 6.45) is -4.46. The highest BCUT2D eigenvalue weighted by atomic mass is 127. The zero-order chi connectivity index (χ0) is 16.0. The Morgan fingerprint density at radius 1 is 1.27 bits per heavy atom. The van der Waals surface area contributed by atoms with Crippen molar-refractivity contribution in [3.8, 4) is 5.75 Å². The minimum absolute atomic E-state index is 0. The summed E-state index contributed by atoms with van der Waals surface area (Å²) in [5.41, 5.74) is 5.09. The lowest BCUT2D eigenvalue weighted by Gasteiger charge is -2.19. The summed E-state index contributed by atoms with van der Waals surface area (Å²) >= 11 is 0. The second-order valence-electron chi connectivity index (χ2n) is 4.37. The smallest absolute Gasteiger partial charge is 0.416 e. The molecule has 0 spiro atoms. The van der Waals surface area contributed by atoms with E-state index in [-0.39, 0.29) is 47.8 Å². The van der Waals surface area contributed by atoms with Crippen molar-refractivity contribution in [2.45, 2.75) is 26.6 Å². The van der Waals surface area contributed by atoms with Crippen LogP contribution in [-0.4, -0.2) is 31.1 Å². The fourth-order valence-electron chi connectivity index (χ4n) is 1.90. The molecule has 1 rings (SSSR count). The van der Waals surface area contributed by atoms with E-state index >= 15 is 0 Å². The number of alkyl halides is 3. The summed E-state index contributed by atoms with van der Waals surface area (Å²) in [6.45, 7) is 4.99. The maximum Gasteiger partial charge on any atom is 0.416 e. The number of ether oxygens (including phenoxy) is 1. The first-order valence-corrected chi connectivity index (χ1v) is 6.62. The highest BCUT2D eigenvalue weighted by Crippen LogP contribution is 2.34. The minimum Gasteiger partial charge on any atom is -0.497 e. The first kappa shape index (κ1) is 20.8. The molecule has 0 fully saturated rings. The summed E-state index contributed by atoms with van der Waals surface area (Å²) in [7, 11) is 1.33. The topological polar surface area (TPSA) is 50.8 Å². The maximum atomic E-state index is 13.0. The van der Waals surface area contributed by atoms with Gasteiger partial charge in [0.15, 0.2) is 5.96 Å². The maximum absolute atomic E-state index is 13.0. The highest BCUT2D eigenvalue weighted by Gasteiger charge is 2.33. The summed E-state index contributed by atoms with van der Waals surface area (Å²) in [6, 6.07) is 3.81. The number of guanidine groups is 1. The number of aliphatic imine (C=N–C) groups is 1. The molecule has 0 aromatic heterocycles. The molecular weight excluding hydrogens is 410 g/mol. The summed E-state index contributed by atoms with van der Waals surface area (Å²) < 4.78 is 43.9. The third-order valence-electron chi connectivity index (χ3n) is 3.12. The lowest BCUT2D eigenvalue weighted by atomic mass is 10.1. The van der Waals surface area contributed by atoms with E-state index < -0.39 is 11.7 Å². The second-order valence-corrected chi connectivity index (χ2v) is 4.37. The van der Waals surface area contributed by atoms with Crippen molar-refractivity contribution in [3.63, 3.8) is 0 Å². The largest absolute Gasteiger partial charge is 0.497 e. The predicted molar refractivity (Wildman–Crippen MR) is 91.7 cm³/mol. The Hall–Kier alpha value is -1.19. The van der Waals surface area contributed by atoms with Crippen LogP contribution in [0.25, 0.3) is 0 Å². The van der Waals surface area contributed by atoms with Gasteiger partial charge in [-0.3, -0.25) is 0 Å². The zero-order valence-corrected chi connectivity index (χ0v) is 15.1. The van der Waals surface area contributed by atoms with Crippen LogP contribution in [0.1, 0.15) is 25.0 Å². The highest BCUT2D eigenvalue weighted by molar-refractivity contribution is 14.0. The molecule has 0 aliphatic carbocycles. The number of nitrogens with two attached hydrogens (primary N) is 1. The zero-order valence-electron chi connectivity index (χ0n) is 12.8. The molecule has 0 amide bonds. The molecule has 1 aromatic carbocycles. The number of methoxy groups -OCH3 is 1. The van der Waals surface area contributed by atoms with Gasteiger partial charge in [-0.05, 0) is 31.5 Å². The Morgan fingerprint density at radius 3 is 2.32 bits per heavy atom. The normalized spacial score (nSPS) is 11.8. The van der Waals surface area contributed by atoms with Gasteiger partial charge in [0.1, 0.15) is 5.75 Å². The van der Waals surface area contributed by atoms with Gasteiger partial charge in [0.25, 0.3) is 0 Å². The molecule has 1 aromatic rings. The Kier molecular flexibility index (Phi) is 8.57. The first-order valence-electron chi connectivity index (χ1n) is 6.62. The van der Waals surface area contributed by atoms with Crippen LogP contribution in [0.2, 0.25) is 0 Å². The van der Waals surface area contributed by atoms with Crippen LogP contribution in [0.15, 0.2) is 23.2 Å².